The summed E-state index contributed by atoms with van der Waals surface area (Å²) in [5.41, 5.74) is 1.45. The molecule has 2 aliphatic rings. The summed E-state index contributed by atoms with van der Waals surface area (Å²) in [4.78, 5) is 39.1. The van der Waals surface area contributed by atoms with Crippen LogP contribution in [0.5, 0.6) is 5.75 Å². The summed E-state index contributed by atoms with van der Waals surface area (Å²) in [6.45, 7) is 0.476. The number of hydrogen-bond donors (Lipinski definition) is 2. The van der Waals surface area contributed by atoms with E-state index in [0.29, 0.717) is 31.2 Å². The molecular weight excluding hydrogens is 548 g/mol. The van der Waals surface area contributed by atoms with E-state index in [1.165, 1.54) is 30.2 Å². The predicted molar refractivity (Wildman–Crippen MR) is 152 cm³/mol. The molecule has 0 bridgehead atoms. The van der Waals surface area contributed by atoms with E-state index in [-0.39, 0.29) is 42.9 Å². The summed E-state index contributed by atoms with van der Waals surface area (Å²) in [7, 11) is 3.19. The number of halogens is 2. The van der Waals surface area contributed by atoms with Crippen molar-refractivity contribution in [3.05, 3.63) is 59.8 Å². The zero-order chi connectivity index (χ0) is 30.0. The maximum Gasteiger partial charge on any atom is 0.333 e. The lowest BCUT2D eigenvalue weighted by Gasteiger charge is -2.38. The van der Waals surface area contributed by atoms with Crippen molar-refractivity contribution in [3.8, 4) is 5.75 Å². The van der Waals surface area contributed by atoms with Crippen LogP contribution in [0.1, 0.15) is 60.6 Å². The first-order valence-electron chi connectivity index (χ1n) is 14.2. The lowest BCUT2D eigenvalue weighted by molar-refractivity contribution is -0.255. The Morgan fingerprint density at radius 1 is 1.07 bits per heavy atom. The van der Waals surface area contributed by atoms with Crippen molar-refractivity contribution in [3.63, 3.8) is 0 Å². The SMILES string of the molecule is COc1cc(C(F)C(=O)C(F)(OC2CCC(C(=O)O)CC2)N2CCCC2)ccc1NC(=O)c1cn(C)c2ccccc12. The number of hydrogen-bond acceptors (Lipinski definition) is 6. The standard InChI is InChI=1S/C31H35F2N3O6/c1-35-18-23(22-7-3-4-8-25(22)35)29(38)34-24-14-11-20(17-26(24)41-2)27(32)28(37)31(33,36-15-5-6-16-36)42-21-12-9-19(10-13-21)30(39)40/h3-4,7-8,11,14,17-19,21,27H,5-6,9-10,12-13,15-16H2,1-2H3,(H,34,38)(H,39,40). The van der Waals surface area contributed by atoms with E-state index in [1.54, 1.807) is 6.20 Å². The number of rotatable bonds is 10. The average molecular weight is 584 g/mol. The molecule has 9 nitrogen and oxygen atoms in total. The summed E-state index contributed by atoms with van der Waals surface area (Å²) in [5, 5.41) is 12.8. The molecule has 5 rings (SSSR count). The highest BCUT2D eigenvalue weighted by molar-refractivity contribution is 6.13. The van der Waals surface area contributed by atoms with Crippen molar-refractivity contribution in [2.24, 2.45) is 13.0 Å². The first kappa shape index (κ1) is 29.7. The number of carbonyl (C=O) groups is 3. The second kappa shape index (κ2) is 12.2. The number of ether oxygens (including phenoxy) is 2. The van der Waals surface area contributed by atoms with Gasteiger partial charge in [-0.2, -0.15) is 4.39 Å². The van der Waals surface area contributed by atoms with Gasteiger partial charge in [-0.3, -0.25) is 14.4 Å². The van der Waals surface area contributed by atoms with Crippen LogP contribution >= 0.6 is 0 Å². The fourth-order valence-electron chi connectivity index (χ4n) is 5.93. The number of carboxylic acids is 1. The van der Waals surface area contributed by atoms with Gasteiger partial charge in [0.1, 0.15) is 5.75 Å². The van der Waals surface area contributed by atoms with Crippen LogP contribution in [0, 0.1) is 5.92 Å². The van der Waals surface area contributed by atoms with Crippen molar-refractivity contribution in [2.75, 3.05) is 25.5 Å². The highest BCUT2D eigenvalue weighted by atomic mass is 19.2. The third-order valence-electron chi connectivity index (χ3n) is 8.30. The smallest absolute Gasteiger partial charge is 0.333 e. The highest BCUT2D eigenvalue weighted by Gasteiger charge is 2.52. The number of alkyl halides is 2. The van der Waals surface area contributed by atoms with Crippen molar-refractivity contribution in [2.45, 2.75) is 56.8 Å². The Balaban J connectivity index is 1.35. The number of fused-ring (bicyclic) bond motifs is 1. The molecule has 2 fully saturated rings. The van der Waals surface area contributed by atoms with Gasteiger partial charge in [-0.25, -0.2) is 9.29 Å². The third-order valence-corrected chi connectivity index (χ3v) is 8.30. The number of likely N-dealkylation sites (tertiary alicyclic amines) is 1. The second-order valence-corrected chi connectivity index (χ2v) is 11.0. The Hall–Kier alpha value is -3.83. The molecule has 0 radical (unpaired) electrons. The molecule has 1 saturated carbocycles. The largest absolute Gasteiger partial charge is 0.495 e. The number of methoxy groups -OCH3 is 1. The Bertz CT molecular complexity index is 1480. The van der Waals surface area contributed by atoms with Gasteiger partial charge in [-0.05, 0) is 62.3 Å². The van der Waals surface area contributed by atoms with Gasteiger partial charge in [-0.15, -0.1) is 0 Å². The van der Waals surface area contributed by atoms with Crippen LogP contribution in [0.2, 0.25) is 0 Å². The molecule has 2 unspecified atom stereocenters. The molecule has 1 saturated heterocycles. The minimum Gasteiger partial charge on any atom is -0.495 e. The minimum atomic E-state index is -2.99. The first-order valence-corrected chi connectivity index (χ1v) is 14.2. The van der Waals surface area contributed by atoms with Crippen molar-refractivity contribution in [1.29, 1.82) is 0 Å². The van der Waals surface area contributed by atoms with Crippen LogP contribution in [0.4, 0.5) is 14.5 Å². The molecule has 0 spiro atoms. The van der Waals surface area contributed by atoms with E-state index in [4.69, 9.17) is 9.47 Å². The van der Waals surface area contributed by atoms with Crippen LogP contribution in [0.3, 0.4) is 0 Å². The number of nitrogens with one attached hydrogen (secondary N) is 1. The number of anilines is 1. The van der Waals surface area contributed by atoms with Crippen molar-refractivity contribution < 1.29 is 37.7 Å². The number of aliphatic carboxylic acids is 1. The number of Topliss-reactive ketones (excluding diaryl/α,β-unsaturated/α-hetero) is 1. The van der Waals surface area contributed by atoms with Crippen molar-refractivity contribution >= 4 is 34.3 Å². The summed E-state index contributed by atoms with van der Waals surface area (Å²) in [6.07, 6.45) is 1.04. The van der Waals surface area contributed by atoms with Gasteiger partial charge in [0.05, 0.1) is 30.4 Å². The van der Waals surface area contributed by atoms with Gasteiger partial charge in [-0.1, -0.05) is 24.3 Å². The number of amides is 1. The third kappa shape index (κ3) is 5.76. The van der Waals surface area contributed by atoms with Gasteiger partial charge in [0.25, 0.3) is 11.7 Å². The maximum atomic E-state index is 16.5. The lowest BCUT2D eigenvalue weighted by atomic mass is 9.87. The molecule has 2 aromatic carbocycles. The van der Waals surface area contributed by atoms with E-state index in [0.717, 1.165) is 10.9 Å². The van der Waals surface area contributed by atoms with Crippen LogP contribution in [0.15, 0.2) is 48.7 Å². The zero-order valence-electron chi connectivity index (χ0n) is 23.6. The summed E-state index contributed by atoms with van der Waals surface area (Å²) < 4.78 is 45.3. The maximum absolute atomic E-state index is 16.5. The topological polar surface area (TPSA) is 110 Å². The predicted octanol–water partition coefficient (Wildman–Crippen LogP) is 5.40. The zero-order valence-corrected chi connectivity index (χ0v) is 23.6. The van der Waals surface area contributed by atoms with E-state index in [1.807, 2.05) is 35.9 Å². The van der Waals surface area contributed by atoms with Gasteiger partial charge < -0.3 is 24.5 Å². The number of ketones is 1. The Morgan fingerprint density at radius 2 is 1.76 bits per heavy atom. The molecular formula is C31H35F2N3O6. The molecule has 1 amide bonds. The molecule has 42 heavy (non-hydrogen) atoms. The monoisotopic (exact) mass is 583 g/mol. The molecule has 2 N–H and O–H groups in total. The van der Waals surface area contributed by atoms with Crippen LogP contribution < -0.4 is 10.1 Å². The highest BCUT2D eigenvalue weighted by Crippen LogP contribution is 2.39. The van der Waals surface area contributed by atoms with Crippen LogP contribution in [-0.2, 0) is 21.4 Å². The fraction of sp³-hybridized carbons (Fsp3) is 0.452. The van der Waals surface area contributed by atoms with Crippen LogP contribution in [-0.4, -0.2) is 64.5 Å². The quantitative estimate of drug-likeness (QED) is 0.308. The number of nitrogens with zero attached hydrogens (tertiary/aromatic N) is 2. The van der Waals surface area contributed by atoms with Gasteiger partial charge in [0.15, 0.2) is 6.17 Å². The molecule has 2 atom stereocenters. The minimum absolute atomic E-state index is 0.107. The molecule has 2 heterocycles. The first-order chi connectivity index (χ1) is 20.1. The molecule has 224 valence electrons. The Labute approximate surface area is 242 Å². The van der Waals surface area contributed by atoms with Gasteiger partial charge in [0, 0.05) is 37.2 Å². The number of aryl methyl sites for hydroxylation is 1. The van der Waals surface area contributed by atoms with E-state index in [2.05, 4.69) is 5.32 Å². The summed E-state index contributed by atoms with van der Waals surface area (Å²) in [5.74, 6) is -6.11. The average Bonchev–Trinajstić information content (AvgIpc) is 3.66. The normalized spacial score (nSPS) is 21.5. The summed E-state index contributed by atoms with van der Waals surface area (Å²) >= 11 is 0. The second-order valence-electron chi connectivity index (χ2n) is 11.0. The molecule has 3 aromatic rings. The van der Waals surface area contributed by atoms with Crippen LogP contribution in [0.25, 0.3) is 10.9 Å². The number of benzene rings is 2. The van der Waals surface area contributed by atoms with E-state index < -0.39 is 41.8 Å². The van der Waals surface area contributed by atoms with Crippen molar-refractivity contribution in [1.82, 2.24) is 9.47 Å². The Morgan fingerprint density at radius 3 is 2.43 bits per heavy atom. The number of aromatic nitrogens is 1. The van der Waals surface area contributed by atoms with Gasteiger partial charge in [0.2, 0.25) is 0 Å². The molecule has 1 aliphatic carbocycles. The van der Waals surface area contributed by atoms with Gasteiger partial charge >= 0.3 is 11.9 Å². The molecule has 1 aromatic heterocycles. The van der Waals surface area contributed by atoms with E-state index >= 15 is 8.78 Å². The van der Waals surface area contributed by atoms with E-state index in [9.17, 15) is 19.5 Å². The lowest BCUT2D eigenvalue weighted by Crippen LogP contribution is -2.55. The Kier molecular flexibility index (Phi) is 8.60. The fourth-order valence-corrected chi connectivity index (χ4v) is 5.93. The number of para-hydroxylation sites is 1. The number of carboxylic acid groups (broad SMARTS) is 1. The molecule has 1 aliphatic heterocycles. The number of carbonyl (C=O) groups excluding carboxylic acids is 2. The molecule has 11 heteroatoms. The summed E-state index contributed by atoms with van der Waals surface area (Å²) in [6, 6.07) is 11.5.